The average Bonchev–Trinajstić information content (AvgIpc) is 2.60. The fourth-order valence-corrected chi connectivity index (χ4v) is 4.34. The first-order valence-corrected chi connectivity index (χ1v) is 9.97. The van der Waals surface area contributed by atoms with Crippen LogP contribution in [0.1, 0.15) is 69.3 Å². The molecule has 0 saturated carbocycles. The second-order valence-electron chi connectivity index (χ2n) is 9.05. The number of aliphatic hydroxyl groups excluding tert-OH is 1. The number of carbonyl (C=O) groups is 1. The number of piperidine rings is 1. The Morgan fingerprint density at radius 1 is 1.27 bits per heavy atom. The highest BCUT2D eigenvalue weighted by Crippen LogP contribution is 2.42. The predicted octanol–water partition coefficient (Wildman–Crippen LogP) is 3.81. The van der Waals surface area contributed by atoms with Crippen molar-refractivity contribution in [2.24, 2.45) is 5.41 Å². The van der Waals surface area contributed by atoms with Crippen LogP contribution in [0.5, 0.6) is 0 Å². The van der Waals surface area contributed by atoms with E-state index in [1.54, 1.807) is 0 Å². The molecule has 1 aromatic rings. The van der Waals surface area contributed by atoms with Crippen LogP contribution in [0.25, 0.3) is 0 Å². The molecule has 0 aromatic heterocycles. The van der Waals surface area contributed by atoms with Crippen molar-refractivity contribution in [3.8, 4) is 0 Å². The van der Waals surface area contributed by atoms with Gasteiger partial charge in [-0.15, -0.1) is 0 Å². The van der Waals surface area contributed by atoms with E-state index in [0.717, 1.165) is 30.4 Å². The minimum absolute atomic E-state index is 0.0153. The van der Waals surface area contributed by atoms with E-state index in [2.05, 4.69) is 27.7 Å². The van der Waals surface area contributed by atoms with E-state index in [4.69, 9.17) is 4.74 Å². The van der Waals surface area contributed by atoms with E-state index in [1.807, 2.05) is 29.2 Å². The molecule has 0 aliphatic carbocycles. The summed E-state index contributed by atoms with van der Waals surface area (Å²) in [5.74, 6) is 0.126. The molecule has 144 valence electrons. The second-order valence-corrected chi connectivity index (χ2v) is 9.05. The lowest BCUT2D eigenvalue weighted by atomic mass is 9.76. The molecule has 2 heterocycles. The van der Waals surface area contributed by atoms with Crippen molar-refractivity contribution in [2.45, 2.75) is 77.6 Å². The van der Waals surface area contributed by atoms with Crippen molar-refractivity contribution in [3.63, 3.8) is 0 Å². The number of carbonyl (C=O) groups excluding carboxylic acids is 1. The monoisotopic (exact) mass is 359 g/mol. The number of aryl methyl sites for hydroxylation is 1. The molecule has 2 atom stereocenters. The van der Waals surface area contributed by atoms with Crippen molar-refractivity contribution in [1.29, 1.82) is 0 Å². The Hall–Kier alpha value is -1.39. The van der Waals surface area contributed by atoms with Crippen LogP contribution in [-0.2, 0) is 11.2 Å². The van der Waals surface area contributed by atoms with E-state index in [1.165, 1.54) is 0 Å². The van der Waals surface area contributed by atoms with Crippen LogP contribution >= 0.6 is 0 Å². The maximum Gasteiger partial charge on any atom is 0.254 e. The third-order valence-electron chi connectivity index (χ3n) is 6.04. The maximum absolute atomic E-state index is 13.0. The van der Waals surface area contributed by atoms with Gasteiger partial charge >= 0.3 is 0 Å². The van der Waals surface area contributed by atoms with Crippen LogP contribution in [0.4, 0.5) is 0 Å². The first kappa shape index (κ1) is 19.4. The summed E-state index contributed by atoms with van der Waals surface area (Å²) < 4.78 is 6.53. The van der Waals surface area contributed by atoms with Crippen LogP contribution in [0.2, 0.25) is 0 Å². The van der Waals surface area contributed by atoms with Crippen LogP contribution in [-0.4, -0.2) is 46.8 Å². The van der Waals surface area contributed by atoms with Gasteiger partial charge in [0.05, 0.1) is 17.8 Å². The highest BCUT2D eigenvalue weighted by Gasteiger charge is 2.46. The molecule has 2 fully saturated rings. The van der Waals surface area contributed by atoms with Crippen molar-refractivity contribution < 1.29 is 14.6 Å². The van der Waals surface area contributed by atoms with Gasteiger partial charge < -0.3 is 14.7 Å². The minimum atomic E-state index is -0.309. The molecule has 1 spiro atoms. The number of ether oxygens (including phenoxy) is 1. The Labute approximate surface area is 157 Å². The Morgan fingerprint density at radius 3 is 2.54 bits per heavy atom. The Kier molecular flexibility index (Phi) is 5.45. The first-order valence-electron chi connectivity index (χ1n) is 9.97. The maximum atomic E-state index is 13.0. The number of benzene rings is 1. The number of amides is 1. The molecule has 2 aliphatic heterocycles. The average molecular weight is 360 g/mol. The molecule has 1 aromatic carbocycles. The van der Waals surface area contributed by atoms with Crippen LogP contribution in [0, 0.1) is 5.41 Å². The topological polar surface area (TPSA) is 49.8 Å². The summed E-state index contributed by atoms with van der Waals surface area (Å²) >= 11 is 0. The summed E-state index contributed by atoms with van der Waals surface area (Å²) in [7, 11) is 0. The number of nitrogens with zero attached hydrogens (tertiary/aromatic N) is 1. The largest absolute Gasteiger partial charge is 0.393 e. The van der Waals surface area contributed by atoms with Gasteiger partial charge in [0.2, 0.25) is 0 Å². The van der Waals surface area contributed by atoms with Gasteiger partial charge in [-0.1, -0.05) is 45.9 Å². The molecule has 0 unspecified atom stereocenters. The molecular formula is C22H33NO3. The summed E-state index contributed by atoms with van der Waals surface area (Å²) in [6.07, 6.45) is 3.62. The summed E-state index contributed by atoms with van der Waals surface area (Å²) in [5.41, 5.74) is 1.66. The fourth-order valence-electron chi connectivity index (χ4n) is 4.34. The lowest BCUT2D eigenvalue weighted by Crippen LogP contribution is -2.55. The normalized spacial score (nSPS) is 26.1. The fraction of sp³-hybridized carbons (Fsp3) is 0.682. The number of aliphatic hydroxyl groups is 1. The Balaban J connectivity index is 1.69. The number of rotatable bonds is 2. The molecular weight excluding hydrogens is 326 g/mol. The number of hydrogen-bond donors (Lipinski definition) is 1. The van der Waals surface area contributed by atoms with Gasteiger partial charge in [-0.3, -0.25) is 4.79 Å². The van der Waals surface area contributed by atoms with Crippen molar-refractivity contribution in [2.75, 3.05) is 13.1 Å². The molecule has 2 saturated heterocycles. The SMILES string of the molecule is CCc1ccccc1C(=O)N1CCC2(CC1)C[C@H](O)C[C@H](C(C)(C)C)O2. The lowest BCUT2D eigenvalue weighted by molar-refractivity contribution is -0.205. The van der Waals surface area contributed by atoms with Gasteiger partial charge in [0.25, 0.3) is 5.91 Å². The molecule has 0 radical (unpaired) electrons. The molecule has 1 N–H and O–H groups in total. The van der Waals surface area contributed by atoms with E-state index in [9.17, 15) is 9.90 Å². The van der Waals surface area contributed by atoms with Gasteiger partial charge in [-0.25, -0.2) is 0 Å². The highest BCUT2D eigenvalue weighted by molar-refractivity contribution is 5.95. The zero-order valence-corrected chi connectivity index (χ0v) is 16.6. The summed E-state index contributed by atoms with van der Waals surface area (Å²) in [4.78, 5) is 14.9. The van der Waals surface area contributed by atoms with Crippen molar-refractivity contribution in [1.82, 2.24) is 4.90 Å². The quantitative estimate of drug-likeness (QED) is 0.873. The molecule has 0 bridgehead atoms. The summed E-state index contributed by atoms with van der Waals surface area (Å²) in [6, 6.07) is 7.90. The molecule has 4 heteroatoms. The zero-order valence-electron chi connectivity index (χ0n) is 16.6. The number of hydrogen-bond acceptors (Lipinski definition) is 3. The van der Waals surface area contributed by atoms with E-state index in [0.29, 0.717) is 25.9 Å². The van der Waals surface area contributed by atoms with Gasteiger partial charge in [0.15, 0.2) is 0 Å². The summed E-state index contributed by atoms with van der Waals surface area (Å²) in [6.45, 7) is 9.99. The molecule has 1 amide bonds. The molecule has 4 nitrogen and oxygen atoms in total. The number of likely N-dealkylation sites (tertiary alicyclic amines) is 1. The van der Waals surface area contributed by atoms with E-state index in [-0.39, 0.29) is 29.1 Å². The van der Waals surface area contributed by atoms with Gasteiger partial charge in [-0.05, 0) is 36.3 Å². The molecule has 3 rings (SSSR count). The standard InChI is InChI=1S/C22H33NO3/c1-5-16-8-6-7-9-18(16)20(25)23-12-10-22(11-13-23)15-17(24)14-19(26-22)21(2,3)4/h6-9,17,19,24H,5,10-15H2,1-4H3/t17-,19-/m1/s1. The van der Waals surface area contributed by atoms with E-state index >= 15 is 0 Å². The van der Waals surface area contributed by atoms with Gasteiger partial charge in [0, 0.05) is 31.5 Å². The molecule has 26 heavy (non-hydrogen) atoms. The van der Waals surface area contributed by atoms with Crippen LogP contribution in [0.3, 0.4) is 0 Å². The smallest absolute Gasteiger partial charge is 0.254 e. The van der Waals surface area contributed by atoms with Crippen molar-refractivity contribution >= 4 is 5.91 Å². The Morgan fingerprint density at radius 2 is 1.92 bits per heavy atom. The van der Waals surface area contributed by atoms with Crippen LogP contribution < -0.4 is 0 Å². The van der Waals surface area contributed by atoms with Gasteiger partial charge in [-0.2, -0.15) is 0 Å². The summed E-state index contributed by atoms with van der Waals surface area (Å²) in [5, 5.41) is 10.4. The first-order chi connectivity index (χ1) is 12.2. The van der Waals surface area contributed by atoms with Gasteiger partial charge in [0.1, 0.15) is 0 Å². The third kappa shape index (κ3) is 3.96. The second kappa shape index (κ2) is 7.32. The lowest BCUT2D eigenvalue weighted by Gasteiger charge is -2.50. The predicted molar refractivity (Wildman–Crippen MR) is 103 cm³/mol. The third-order valence-corrected chi connectivity index (χ3v) is 6.04. The molecule has 2 aliphatic rings. The minimum Gasteiger partial charge on any atom is -0.393 e. The van der Waals surface area contributed by atoms with Crippen molar-refractivity contribution in [3.05, 3.63) is 35.4 Å². The van der Waals surface area contributed by atoms with Crippen LogP contribution in [0.15, 0.2) is 24.3 Å². The Bertz CT molecular complexity index is 641. The highest BCUT2D eigenvalue weighted by atomic mass is 16.5. The van der Waals surface area contributed by atoms with E-state index < -0.39 is 0 Å². The zero-order chi connectivity index (χ0) is 18.9.